The van der Waals surface area contributed by atoms with Crippen LogP contribution in [0.3, 0.4) is 0 Å². The van der Waals surface area contributed by atoms with Gasteiger partial charge in [-0.25, -0.2) is 4.79 Å². The first-order chi connectivity index (χ1) is 16.8. The van der Waals surface area contributed by atoms with Gasteiger partial charge in [0.05, 0.1) is 18.8 Å². The minimum atomic E-state index is -1.65. The molecule has 17 nitrogen and oxygen atoms in total. The van der Waals surface area contributed by atoms with Gasteiger partial charge in [0.2, 0.25) is 17.7 Å². The van der Waals surface area contributed by atoms with Crippen molar-refractivity contribution in [2.24, 2.45) is 38.7 Å². The van der Waals surface area contributed by atoms with E-state index in [1.165, 1.54) is 6.92 Å². The van der Waals surface area contributed by atoms with Crippen LogP contribution in [0.4, 0.5) is 0 Å². The number of aliphatic hydroxyl groups excluding tert-OH is 2. The maximum atomic E-state index is 12.9. The number of nitrogens with zero attached hydrogens (tertiary/aromatic N) is 2. The second kappa shape index (κ2) is 16.8. The zero-order valence-corrected chi connectivity index (χ0v) is 20.1. The Morgan fingerprint density at radius 1 is 0.806 bits per heavy atom. The second-order valence-electron chi connectivity index (χ2n) is 7.87. The number of aliphatic imine (C=N–C) groups is 2. The SMILES string of the molecule is C[C@@H](O)[C@H](NC(=O)[C@H](CCCN=C(N)N)NC(=O)[C@@H](N)CCCN=C(N)N)C(=O)N[C@@H](CO)C(=O)O. The fraction of sp³-hybridized carbons (Fsp3) is 0.684. The Balaban J connectivity index is 5.40. The molecule has 5 atom stereocenters. The minimum absolute atomic E-state index is 0.0393. The van der Waals surface area contributed by atoms with Crippen molar-refractivity contribution in [3.05, 3.63) is 0 Å². The maximum absolute atomic E-state index is 12.9. The predicted molar refractivity (Wildman–Crippen MR) is 130 cm³/mol. The van der Waals surface area contributed by atoms with E-state index in [4.69, 9.17) is 38.9 Å². The van der Waals surface area contributed by atoms with Gasteiger partial charge >= 0.3 is 5.97 Å². The Morgan fingerprint density at radius 3 is 1.75 bits per heavy atom. The summed E-state index contributed by atoms with van der Waals surface area (Å²) in [5, 5.41) is 34.8. The van der Waals surface area contributed by atoms with E-state index in [0.717, 1.165) is 0 Å². The summed E-state index contributed by atoms with van der Waals surface area (Å²) in [5.74, 6) is -4.34. The van der Waals surface area contributed by atoms with Gasteiger partial charge in [0, 0.05) is 13.1 Å². The summed E-state index contributed by atoms with van der Waals surface area (Å²) in [7, 11) is 0. The lowest BCUT2D eigenvalue weighted by Crippen LogP contribution is -2.60. The molecule has 36 heavy (non-hydrogen) atoms. The van der Waals surface area contributed by atoms with Crippen molar-refractivity contribution in [3.8, 4) is 0 Å². The van der Waals surface area contributed by atoms with Gasteiger partial charge in [-0.1, -0.05) is 0 Å². The number of hydrogen-bond donors (Lipinski definition) is 11. The molecule has 0 heterocycles. The van der Waals surface area contributed by atoms with Crippen molar-refractivity contribution in [1.29, 1.82) is 0 Å². The first-order valence-electron chi connectivity index (χ1n) is 11.1. The number of guanidine groups is 2. The lowest BCUT2D eigenvalue weighted by atomic mass is 10.1. The fourth-order valence-corrected chi connectivity index (χ4v) is 2.81. The van der Waals surface area contributed by atoms with Gasteiger partial charge in [-0.3, -0.25) is 24.4 Å². The summed E-state index contributed by atoms with van der Waals surface area (Å²) >= 11 is 0. The summed E-state index contributed by atoms with van der Waals surface area (Å²) in [6.07, 6.45) is -0.544. The summed E-state index contributed by atoms with van der Waals surface area (Å²) in [5.41, 5.74) is 26.9. The molecular weight excluding hydrogens is 480 g/mol. The predicted octanol–water partition coefficient (Wildman–Crippen LogP) is -5.67. The number of carbonyl (C=O) groups is 4. The van der Waals surface area contributed by atoms with Crippen molar-refractivity contribution >= 4 is 35.6 Å². The molecule has 17 heteroatoms. The number of carbonyl (C=O) groups excluding carboxylic acids is 3. The summed E-state index contributed by atoms with van der Waals surface area (Å²) in [4.78, 5) is 56.6. The first kappa shape index (κ1) is 32.3. The third-order valence-electron chi connectivity index (χ3n) is 4.74. The van der Waals surface area contributed by atoms with Gasteiger partial charge in [-0.15, -0.1) is 0 Å². The van der Waals surface area contributed by atoms with Crippen molar-refractivity contribution < 1.29 is 34.5 Å². The van der Waals surface area contributed by atoms with Gasteiger partial charge in [0.15, 0.2) is 11.9 Å². The maximum Gasteiger partial charge on any atom is 0.328 e. The van der Waals surface area contributed by atoms with Crippen LogP contribution in [0.2, 0.25) is 0 Å². The van der Waals surface area contributed by atoms with Crippen LogP contribution in [0.1, 0.15) is 32.6 Å². The number of aliphatic carboxylic acids is 1. The highest BCUT2D eigenvalue weighted by Crippen LogP contribution is 2.04. The van der Waals surface area contributed by atoms with Crippen molar-refractivity contribution in [2.45, 2.75) is 62.9 Å². The molecule has 0 rings (SSSR count). The lowest BCUT2D eigenvalue weighted by Gasteiger charge is -2.26. The van der Waals surface area contributed by atoms with E-state index in [-0.39, 0.29) is 44.3 Å². The number of amides is 3. The smallest absolute Gasteiger partial charge is 0.328 e. The highest BCUT2D eigenvalue weighted by molar-refractivity contribution is 5.94. The molecule has 0 aliphatic rings. The van der Waals surface area contributed by atoms with Crippen LogP contribution in [0, 0.1) is 0 Å². The number of aliphatic hydroxyl groups is 2. The van der Waals surface area contributed by atoms with Crippen LogP contribution in [-0.2, 0) is 19.2 Å². The molecule has 0 aliphatic heterocycles. The third-order valence-corrected chi connectivity index (χ3v) is 4.74. The Hall–Kier alpha value is -3.70. The molecule has 16 N–H and O–H groups in total. The molecule has 0 aromatic heterocycles. The Morgan fingerprint density at radius 2 is 1.31 bits per heavy atom. The minimum Gasteiger partial charge on any atom is -0.480 e. The van der Waals surface area contributed by atoms with Crippen LogP contribution in [0.5, 0.6) is 0 Å². The van der Waals surface area contributed by atoms with Crippen molar-refractivity contribution in [3.63, 3.8) is 0 Å². The number of rotatable bonds is 17. The monoisotopic (exact) mass is 518 g/mol. The average Bonchev–Trinajstić information content (AvgIpc) is 2.79. The van der Waals surface area contributed by atoms with Crippen molar-refractivity contribution in [2.75, 3.05) is 19.7 Å². The Bertz CT molecular complexity index is 797. The fourth-order valence-electron chi connectivity index (χ4n) is 2.81. The molecule has 0 saturated carbocycles. The number of hydrogen-bond acceptors (Lipinski definition) is 9. The average molecular weight is 519 g/mol. The lowest BCUT2D eigenvalue weighted by molar-refractivity contribution is -0.144. The van der Waals surface area contributed by atoms with E-state index in [0.29, 0.717) is 6.42 Å². The van der Waals surface area contributed by atoms with Crippen LogP contribution >= 0.6 is 0 Å². The first-order valence-corrected chi connectivity index (χ1v) is 11.1. The summed E-state index contributed by atoms with van der Waals surface area (Å²) in [6, 6.07) is -5.43. The van der Waals surface area contributed by atoms with Crippen LogP contribution in [-0.4, -0.2) is 101 Å². The van der Waals surface area contributed by atoms with Gasteiger partial charge in [0.25, 0.3) is 0 Å². The summed E-state index contributed by atoms with van der Waals surface area (Å²) < 4.78 is 0. The molecule has 0 radical (unpaired) electrons. The molecule has 0 unspecified atom stereocenters. The topological polar surface area (TPSA) is 320 Å². The number of carboxylic acid groups (broad SMARTS) is 1. The quantitative estimate of drug-likeness (QED) is 0.0487. The van der Waals surface area contributed by atoms with E-state index in [1.54, 1.807) is 0 Å². The Kier molecular flexibility index (Phi) is 15.1. The van der Waals surface area contributed by atoms with Gasteiger partial charge in [0.1, 0.15) is 18.1 Å². The molecule has 0 saturated heterocycles. The highest BCUT2D eigenvalue weighted by atomic mass is 16.4. The number of carboxylic acids is 1. The largest absolute Gasteiger partial charge is 0.480 e. The second-order valence-corrected chi connectivity index (χ2v) is 7.87. The summed E-state index contributed by atoms with van der Waals surface area (Å²) in [6.45, 7) is 0.677. The van der Waals surface area contributed by atoms with E-state index < -0.39 is 60.6 Å². The standard InChI is InChI=1S/C19H38N10O7/c1-9(31)13(16(34)28-12(8-30)17(35)36)29-15(33)11(5-3-7-26-19(23)24)27-14(32)10(20)4-2-6-25-18(21)22/h9-13,30-31H,2-8,20H2,1H3,(H,27,32)(H,28,34)(H,29,33)(H,35,36)(H4,21,22,25)(H4,23,24,26)/t9-,10+,11+,12+,13+/m1/s1. The van der Waals surface area contributed by atoms with Crippen LogP contribution in [0.25, 0.3) is 0 Å². The molecule has 0 aliphatic carbocycles. The highest BCUT2D eigenvalue weighted by Gasteiger charge is 2.32. The number of nitrogens with two attached hydrogens (primary N) is 5. The molecule has 0 bridgehead atoms. The number of nitrogens with one attached hydrogen (secondary N) is 3. The van der Waals surface area contributed by atoms with Gasteiger partial charge < -0.3 is 59.9 Å². The van der Waals surface area contributed by atoms with E-state index >= 15 is 0 Å². The van der Waals surface area contributed by atoms with E-state index in [1.807, 2.05) is 5.32 Å². The zero-order valence-electron chi connectivity index (χ0n) is 20.1. The van der Waals surface area contributed by atoms with Crippen molar-refractivity contribution in [1.82, 2.24) is 16.0 Å². The van der Waals surface area contributed by atoms with Crippen LogP contribution < -0.4 is 44.6 Å². The molecule has 0 aromatic carbocycles. The molecular formula is C19H38N10O7. The third kappa shape index (κ3) is 13.3. The molecule has 0 spiro atoms. The van der Waals surface area contributed by atoms with E-state index in [2.05, 4.69) is 20.6 Å². The molecule has 3 amide bonds. The van der Waals surface area contributed by atoms with E-state index in [9.17, 15) is 24.3 Å². The van der Waals surface area contributed by atoms with Gasteiger partial charge in [-0.2, -0.15) is 0 Å². The van der Waals surface area contributed by atoms with Gasteiger partial charge in [-0.05, 0) is 32.6 Å². The Labute approximate surface area is 207 Å². The molecule has 0 aromatic rings. The normalized spacial score (nSPS) is 14.8. The zero-order chi connectivity index (χ0) is 27.8. The van der Waals surface area contributed by atoms with Crippen LogP contribution in [0.15, 0.2) is 9.98 Å². The molecule has 206 valence electrons. The molecule has 0 fully saturated rings.